The van der Waals surface area contributed by atoms with Crippen molar-refractivity contribution in [1.82, 2.24) is 15.0 Å². The zero-order valence-electron chi connectivity index (χ0n) is 9.18. The molecule has 0 aliphatic heterocycles. The average molecular weight is 361 g/mol. The summed E-state index contributed by atoms with van der Waals surface area (Å²) in [7, 11) is 0. The van der Waals surface area contributed by atoms with Gasteiger partial charge in [0.15, 0.2) is 0 Å². The first-order valence-corrected chi connectivity index (χ1v) is 6.22. The van der Waals surface area contributed by atoms with Gasteiger partial charge < -0.3 is 5.11 Å². The van der Waals surface area contributed by atoms with Crippen molar-refractivity contribution in [2.75, 3.05) is 0 Å². The van der Waals surface area contributed by atoms with E-state index in [1.165, 1.54) is 16.8 Å². The van der Waals surface area contributed by atoms with Crippen LogP contribution in [0.2, 0.25) is 0 Å². The van der Waals surface area contributed by atoms with Crippen LogP contribution in [-0.4, -0.2) is 26.1 Å². The van der Waals surface area contributed by atoms with Crippen LogP contribution in [0.15, 0.2) is 24.4 Å². The molecule has 0 bridgehead atoms. The quantitative estimate of drug-likeness (QED) is 0.847. The first-order chi connectivity index (χ1) is 8.56. The predicted molar refractivity (Wildman–Crippen MR) is 70.0 cm³/mol. The van der Waals surface area contributed by atoms with Crippen molar-refractivity contribution in [2.24, 2.45) is 0 Å². The van der Waals surface area contributed by atoms with Gasteiger partial charge in [-0.1, -0.05) is 5.21 Å². The minimum Gasteiger partial charge on any atom is -0.481 e. The van der Waals surface area contributed by atoms with Gasteiger partial charge in [-0.3, -0.25) is 4.79 Å². The van der Waals surface area contributed by atoms with Crippen molar-refractivity contribution < 1.29 is 14.3 Å². The van der Waals surface area contributed by atoms with Crippen LogP contribution in [0, 0.1) is 9.39 Å². The van der Waals surface area contributed by atoms with E-state index in [2.05, 4.69) is 10.3 Å². The standard InChI is InChI=1S/C11H9FIN3O2/c12-7-1-3-10(9(13)5-7)16-6-8(14-15-16)2-4-11(17)18/h1,3,5-6H,2,4H2,(H,17,18). The van der Waals surface area contributed by atoms with E-state index in [0.29, 0.717) is 21.4 Å². The van der Waals surface area contributed by atoms with Crippen molar-refractivity contribution >= 4 is 28.6 Å². The number of carboxylic acid groups (broad SMARTS) is 1. The van der Waals surface area contributed by atoms with Crippen LogP contribution in [0.3, 0.4) is 0 Å². The second kappa shape index (κ2) is 5.42. The lowest BCUT2D eigenvalue weighted by molar-refractivity contribution is -0.136. The zero-order valence-corrected chi connectivity index (χ0v) is 11.3. The van der Waals surface area contributed by atoms with Gasteiger partial charge in [-0.05, 0) is 40.8 Å². The highest BCUT2D eigenvalue weighted by molar-refractivity contribution is 14.1. The first kappa shape index (κ1) is 12.9. The molecule has 2 rings (SSSR count). The number of aromatic nitrogens is 3. The summed E-state index contributed by atoms with van der Waals surface area (Å²) in [4.78, 5) is 10.4. The molecule has 0 fully saturated rings. The van der Waals surface area contributed by atoms with Crippen LogP contribution in [0.1, 0.15) is 12.1 Å². The van der Waals surface area contributed by atoms with Crippen LogP contribution in [0.4, 0.5) is 4.39 Å². The molecular formula is C11H9FIN3O2. The SMILES string of the molecule is O=C(O)CCc1cn(-c2ccc(F)cc2I)nn1. The Labute approximate surface area is 116 Å². The number of hydrogen-bond acceptors (Lipinski definition) is 3. The number of nitrogens with zero attached hydrogens (tertiary/aromatic N) is 3. The Hall–Kier alpha value is -1.51. The van der Waals surface area contributed by atoms with Gasteiger partial charge in [-0.2, -0.15) is 0 Å². The normalized spacial score (nSPS) is 10.6. The Bertz CT molecular complexity index is 585. The summed E-state index contributed by atoms with van der Waals surface area (Å²) in [6.07, 6.45) is 1.99. The van der Waals surface area contributed by atoms with Crippen molar-refractivity contribution in [3.05, 3.63) is 39.5 Å². The molecule has 18 heavy (non-hydrogen) atoms. The summed E-state index contributed by atoms with van der Waals surface area (Å²) in [5.41, 5.74) is 1.31. The number of carbonyl (C=O) groups is 1. The summed E-state index contributed by atoms with van der Waals surface area (Å²) in [6, 6.07) is 4.34. The molecule has 0 radical (unpaired) electrons. The Balaban J connectivity index is 2.21. The molecule has 2 aromatic rings. The minimum absolute atomic E-state index is 0.0131. The summed E-state index contributed by atoms with van der Waals surface area (Å²) >= 11 is 2.01. The fourth-order valence-electron chi connectivity index (χ4n) is 1.43. The number of hydrogen-bond donors (Lipinski definition) is 1. The molecule has 0 saturated heterocycles. The van der Waals surface area contributed by atoms with Crippen molar-refractivity contribution in [2.45, 2.75) is 12.8 Å². The highest BCUT2D eigenvalue weighted by Crippen LogP contribution is 2.17. The molecule has 5 nitrogen and oxygen atoms in total. The number of rotatable bonds is 4. The van der Waals surface area contributed by atoms with E-state index in [4.69, 9.17) is 5.11 Å². The second-order valence-corrected chi connectivity index (χ2v) is 4.81. The monoisotopic (exact) mass is 361 g/mol. The summed E-state index contributed by atoms with van der Waals surface area (Å²) < 4.78 is 15.2. The molecule has 0 aliphatic carbocycles. The molecule has 1 heterocycles. The number of aryl methyl sites for hydroxylation is 1. The first-order valence-electron chi connectivity index (χ1n) is 5.14. The smallest absolute Gasteiger partial charge is 0.303 e. The molecule has 0 amide bonds. The zero-order chi connectivity index (χ0) is 13.1. The highest BCUT2D eigenvalue weighted by Gasteiger charge is 2.08. The minimum atomic E-state index is -0.874. The van der Waals surface area contributed by atoms with E-state index in [1.54, 1.807) is 12.3 Å². The fraction of sp³-hybridized carbons (Fsp3) is 0.182. The third-order valence-electron chi connectivity index (χ3n) is 2.29. The molecule has 0 spiro atoms. The van der Waals surface area contributed by atoms with E-state index in [9.17, 15) is 9.18 Å². The maximum Gasteiger partial charge on any atom is 0.303 e. The Kier molecular flexibility index (Phi) is 3.90. The summed E-state index contributed by atoms with van der Waals surface area (Å²) in [5.74, 6) is -1.18. The molecule has 1 aromatic carbocycles. The molecule has 1 N–H and O–H groups in total. The van der Waals surface area contributed by atoms with Crippen LogP contribution >= 0.6 is 22.6 Å². The molecule has 1 aromatic heterocycles. The van der Waals surface area contributed by atoms with E-state index < -0.39 is 5.97 Å². The van der Waals surface area contributed by atoms with Gasteiger partial charge >= 0.3 is 5.97 Å². The molecule has 0 unspecified atom stereocenters. The van der Waals surface area contributed by atoms with E-state index >= 15 is 0 Å². The summed E-state index contributed by atoms with van der Waals surface area (Å²) in [5, 5.41) is 16.4. The maximum atomic E-state index is 13.0. The van der Waals surface area contributed by atoms with Crippen molar-refractivity contribution in [3.63, 3.8) is 0 Å². The third kappa shape index (κ3) is 3.03. The topological polar surface area (TPSA) is 68.0 Å². The van der Waals surface area contributed by atoms with E-state index in [0.717, 1.165) is 0 Å². The van der Waals surface area contributed by atoms with Crippen LogP contribution in [-0.2, 0) is 11.2 Å². The lowest BCUT2D eigenvalue weighted by Gasteiger charge is -2.02. The van der Waals surface area contributed by atoms with Crippen LogP contribution < -0.4 is 0 Å². The van der Waals surface area contributed by atoms with Crippen LogP contribution in [0.5, 0.6) is 0 Å². The molecular weight excluding hydrogens is 352 g/mol. The number of halogens is 2. The van der Waals surface area contributed by atoms with Gasteiger partial charge in [-0.25, -0.2) is 9.07 Å². The molecule has 7 heteroatoms. The third-order valence-corrected chi connectivity index (χ3v) is 3.16. The Morgan fingerprint density at radius 1 is 1.50 bits per heavy atom. The Morgan fingerprint density at radius 3 is 2.94 bits per heavy atom. The molecule has 0 saturated carbocycles. The van der Waals surface area contributed by atoms with Crippen LogP contribution in [0.25, 0.3) is 5.69 Å². The predicted octanol–water partition coefficient (Wildman–Crippen LogP) is 2.03. The van der Waals surface area contributed by atoms with Gasteiger partial charge in [0.25, 0.3) is 0 Å². The maximum absolute atomic E-state index is 13.0. The van der Waals surface area contributed by atoms with Crippen molar-refractivity contribution in [3.8, 4) is 5.69 Å². The van der Waals surface area contributed by atoms with Gasteiger partial charge in [0.05, 0.1) is 24.0 Å². The lowest BCUT2D eigenvalue weighted by atomic mass is 10.2. The number of carboxylic acids is 1. The lowest BCUT2D eigenvalue weighted by Crippen LogP contribution is -1.98. The van der Waals surface area contributed by atoms with Gasteiger partial charge in [0, 0.05) is 9.99 Å². The largest absolute Gasteiger partial charge is 0.481 e. The van der Waals surface area contributed by atoms with E-state index in [-0.39, 0.29) is 12.2 Å². The summed E-state index contributed by atoms with van der Waals surface area (Å²) in [6.45, 7) is 0. The fourth-order valence-corrected chi connectivity index (χ4v) is 2.16. The van der Waals surface area contributed by atoms with Gasteiger partial charge in [0.2, 0.25) is 0 Å². The molecule has 0 atom stereocenters. The average Bonchev–Trinajstić information content (AvgIpc) is 2.75. The number of benzene rings is 1. The van der Waals surface area contributed by atoms with E-state index in [1.807, 2.05) is 22.6 Å². The van der Waals surface area contributed by atoms with Gasteiger partial charge in [-0.15, -0.1) is 5.10 Å². The van der Waals surface area contributed by atoms with Gasteiger partial charge in [0.1, 0.15) is 5.82 Å². The molecule has 94 valence electrons. The second-order valence-electron chi connectivity index (χ2n) is 3.64. The molecule has 0 aliphatic rings. The Morgan fingerprint density at radius 2 is 2.28 bits per heavy atom. The highest BCUT2D eigenvalue weighted by atomic mass is 127. The number of aliphatic carboxylic acids is 1. The van der Waals surface area contributed by atoms with Crippen molar-refractivity contribution in [1.29, 1.82) is 0 Å².